The molecule has 1 aromatic carbocycles. The monoisotopic (exact) mass is 320 g/mol. The smallest absolute Gasteiger partial charge is 0.0648 e. The van der Waals surface area contributed by atoms with Gasteiger partial charge in [-0.05, 0) is 43.5 Å². The minimum atomic E-state index is 0.0212. The minimum Gasteiger partial charge on any atom is -0.271 e. The fourth-order valence-electron chi connectivity index (χ4n) is 2.07. The molecule has 0 saturated heterocycles. The number of rotatable bonds is 4. The van der Waals surface area contributed by atoms with Crippen molar-refractivity contribution in [1.29, 1.82) is 0 Å². The molecular weight excluding hydrogens is 304 g/mol. The molecule has 0 aliphatic rings. The molecular formula is C14H17BrN4. The second-order valence-corrected chi connectivity index (χ2v) is 5.40. The van der Waals surface area contributed by atoms with E-state index in [1.807, 2.05) is 38.1 Å². The molecule has 4 nitrogen and oxygen atoms in total. The highest BCUT2D eigenvalue weighted by molar-refractivity contribution is 9.10. The third kappa shape index (κ3) is 3.37. The van der Waals surface area contributed by atoms with E-state index in [4.69, 9.17) is 5.84 Å². The van der Waals surface area contributed by atoms with Crippen molar-refractivity contribution in [3.05, 3.63) is 57.3 Å². The number of nitrogens with zero attached hydrogens (tertiary/aromatic N) is 2. The first kappa shape index (κ1) is 14.1. The van der Waals surface area contributed by atoms with Crippen molar-refractivity contribution in [2.75, 3.05) is 0 Å². The third-order valence-corrected chi connectivity index (χ3v) is 3.87. The van der Waals surface area contributed by atoms with Gasteiger partial charge in [0.1, 0.15) is 0 Å². The van der Waals surface area contributed by atoms with E-state index in [0.29, 0.717) is 0 Å². The Morgan fingerprint density at radius 1 is 1.26 bits per heavy atom. The van der Waals surface area contributed by atoms with Crippen molar-refractivity contribution in [1.82, 2.24) is 15.6 Å². The van der Waals surface area contributed by atoms with E-state index < -0.39 is 0 Å². The summed E-state index contributed by atoms with van der Waals surface area (Å²) < 4.78 is 1.09. The minimum absolute atomic E-state index is 0.0212. The molecule has 0 fully saturated rings. The summed E-state index contributed by atoms with van der Waals surface area (Å²) in [5.74, 6) is 5.71. The van der Waals surface area contributed by atoms with Gasteiger partial charge in [0, 0.05) is 4.47 Å². The van der Waals surface area contributed by atoms with E-state index in [9.17, 15) is 0 Å². The van der Waals surface area contributed by atoms with Crippen molar-refractivity contribution in [3.63, 3.8) is 0 Å². The summed E-state index contributed by atoms with van der Waals surface area (Å²) in [5.41, 5.74) is 6.97. The molecule has 0 radical (unpaired) electrons. The lowest BCUT2D eigenvalue weighted by atomic mass is 9.98. The Labute approximate surface area is 121 Å². The van der Waals surface area contributed by atoms with Gasteiger partial charge in [-0.1, -0.05) is 34.1 Å². The Balaban J connectivity index is 2.30. The van der Waals surface area contributed by atoms with Crippen LogP contribution in [-0.4, -0.2) is 10.2 Å². The van der Waals surface area contributed by atoms with Crippen LogP contribution in [0.15, 0.2) is 34.8 Å². The van der Waals surface area contributed by atoms with Gasteiger partial charge in [-0.2, -0.15) is 10.2 Å². The lowest BCUT2D eigenvalue weighted by Crippen LogP contribution is -2.30. The summed E-state index contributed by atoms with van der Waals surface area (Å²) in [5, 5.41) is 8.21. The topological polar surface area (TPSA) is 63.8 Å². The molecule has 0 aliphatic heterocycles. The second kappa shape index (κ2) is 6.23. The number of nitrogens with two attached hydrogens (primary N) is 1. The van der Waals surface area contributed by atoms with Gasteiger partial charge in [-0.25, -0.2) is 0 Å². The molecule has 1 heterocycles. The lowest BCUT2D eigenvalue weighted by molar-refractivity contribution is 0.543. The van der Waals surface area contributed by atoms with E-state index in [2.05, 4.69) is 37.6 Å². The van der Waals surface area contributed by atoms with Crippen molar-refractivity contribution >= 4 is 15.9 Å². The van der Waals surface area contributed by atoms with Gasteiger partial charge < -0.3 is 0 Å². The number of hydrazine groups is 1. The maximum absolute atomic E-state index is 5.71. The molecule has 0 spiro atoms. The number of nitrogens with one attached hydrogen (secondary N) is 1. The van der Waals surface area contributed by atoms with E-state index in [-0.39, 0.29) is 6.04 Å². The van der Waals surface area contributed by atoms with E-state index in [1.165, 1.54) is 5.56 Å². The van der Waals surface area contributed by atoms with Crippen LogP contribution in [0.25, 0.3) is 0 Å². The first-order valence-electron chi connectivity index (χ1n) is 6.12. The van der Waals surface area contributed by atoms with Crippen LogP contribution in [0.5, 0.6) is 0 Å². The molecule has 0 aliphatic carbocycles. The number of hydrogen-bond donors (Lipinski definition) is 2. The molecule has 2 rings (SSSR count). The number of aromatic nitrogens is 2. The highest BCUT2D eigenvalue weighted by atomic mass is 79.9. The first-order valence-corrected chi connectivity index (χ1v) is 6.91. The van der Waals surface area contributed by atoms with Gasteiger partial charge in [0.05, 0.1) is 17.4 Å². The summed E-state index contributed by atoms with van der Waals surface area (Å²) >= 11 is 3.56. The Morgan fingerprint density at radius 3 is 2.68 bits per heavy atom. The fraction of sp³-hybridized carbons (Fsp3) is 0.286. The maximum Gasteiger partial charge on any atom is 0.0648 e. The zero-order valence-electron chi connectivity index (χ0n) is 11.0. The van der Waals surface area contributed by atoms with Crippen molar-refractivity contribution in [2.24, 2.45) is 5.84 Å². The highest BCUT2D eigenvalue weighted by Gasteiger charge is 2.15. The quantitative estimate of drug-likeness (QED) is 0.671. The second-order valence-electron chi connectivity index (χ2n) is 4.54. The van der Waals surface area contributed by atoms with Gasteiger partial charge in [0.25, 0.3) is 0 Å². The van der Waals surface area contributed by atoms with Crippen molar-refractivity contribution < 1.29 is 0 Å². The number of benzene rings is 1. The van der Waals surface area contributed by atoms with Crippen LogP contribution in [0, 0.1) is 13.8 Å². The molecule has 0 saturated carbocycles. The molecule has 0 amide bonds. The maximum atomic E-state index is 5.71. The number of hydrogen-bond acceptors (Lipinski definition) is 4. The van der Waals surface area contributed by atoms with Gasteiger partial charge >= 0.3 is 0 Å². The van der Waals surface area contributed by atoms with Crippen LogP contribution in [0.1, 0.15) is 28.6 Å². The summed E-state index contributed by atoms with van der Waals surface area (Å²) in [6.07, 6.45) is 0.796. The Hall–Kier alpha value is -1.30. The standard InChI is InChI=1S/C14H17BrN4/c1-9-7-12(10(2)19-18-9)14(17-16)8-11-5-3-4-6-13(11)15/h3-7,14,17H,8,16H2,1-2H3. The van der Waals surface area contributed by atoms with E-state index in [1.54, 1.807) is 0 Å². The predicted molar refractivity (Wildman–Crippen MR) is 79.4 cm³/mol. The first-order chi connectivity index (χ1) is 9.11. The average Bonchev–Trinajstić information content (AvgIpc) is 2.41. The highest BCUT2D eigenvalue weighted by Crippen LogP contribution is 2.24. The van der Waals surface area contributed by atoms with Crippen LogP contribution in [-0.2, 0) is 6.42 Å². The van der Waals surface area contributed by atoms with Crippen LogP contribution in [0.2, 0.25) is 0 Å². The molecule has 2 aromatic rings. The Bertz CT molecular complexity index is 571. The molecule has 1 atom stereocenters. The van der Waals surface area contributed by atoms with Gasteiger partial charge in [0.15, 0.2) is 0 Å². The fourth-order valence-corrected chi connectivity index (χ4v) is 2.51. The van der Waals surface area contributed by atoms with Gasteiger partial charge in [-0.3, -0.25) is 11.3 Å². The number of halogens is 1. The van der Waals surface area contributed by atoms with E-state index in [0.717, 1.165) is 27.8 Å². The molecule has 3 N–H and O–H groups in total. The van der Waals surface area contributed by atoms with Crippen molar-refractivity contribution in [3.8, 4) is 0 Å². The Morgan fingerprint density at radius 2 is 2.00 bits per heavy atom. The molecule has 1 unspecified atom stereocenters. The summed E-state index contributed by atoms with van der Waals surface area (Å²) in [6.45, 7) is 3.88. The third-order valence-electron chi connectivity index (χ3n) is 3.10. The SMILES string of the molecule is Cc1cc(C(Cc2ccccc2Br)NN)c(C)nn1. The van der Waals surface area contributed by atoms with Crippen LogP contribution >= 0.6 is 15.9 Å². The molecule has 0 bridgehead atoms. The summed E-state index contributed by atoms with van der Waals surface area (Å²) in [4.78, 5) is 0. The molecule has 100 valence electrons. The Kier molecular flexibility index (Phi) is 4.63. The summed E-state index contributed by atoms with van der Waals surface area (Å²) in [7, 11) is 0. The average molecular weight is 321 g/mol. The lowest BCUT2D eigenvalue weighted by Gasteiger charge is -2.18. The summed E-state index contributed by atoms with van der Waals surface area (Å²) in [6, 6.07) is 10.2. The molecule has 5 heteroatoms. The van der Waals surface area contributed by atoms with Gasteiger partial charge in [0.2, 0.25) is 0 Å². The molecule has 1 aromatic heterocycles. The van der Waals surface area contributed by atoms with Gasteiger partial charge in [-0.15, -0.1) is 0 Å². The van der Waals surface area contributed by atoms with Crippen LogP contribution in [0.4, 0.5) is 0 Å². The number of aryl methyl sites for hydroxylation is 2. The largest absolute Gasteiger partial charge is 0.271 e. The van der Waals surface area contributed by atoms with E-state index >= 15 is 0 Å². The zero-order chi connectivity index (χ0) is 13.8. The normalized spacial score (nSPS) is 12.4. The van der Waals surface area contributed by atoms with Crippen LogP contribution < -0.4 is 11.3 Å². The molecule has 19 heavy (non-hydrogen) atoms. The predicted octanol–water partition coefficient (Wildman–Crippen LogP) is 2.60. The van der Waals surface area contributed by atoms with Crippen molar-refractivity contribution in [2.45, 2.75) is 26.3 Å². The zero-order valence-corrected chi connectivity index (χ0v) is 12.6. The van der Waals surface area contributed by atoms with Crippen LogP contribution in [0.3, 0.4) is 0 Å².